The first-order valence-corrected chi connectivity index (χ1v) is 7.50. The summed E-state index contributed by atoms with van der Waals surface area (Å²) in [5.41, 5.74) is 1.81. The van der Waals surface area contributed by atoms with Crippen molar-refractivity contribution in [2.45, 2.75) is 31.2 Å². The summed E-state index contributed by atoms with van der Waals surface area (Å²) >= 11 is 2.74. The maximum Gasteiger partial charge on any atom is 0.239 e. The van der Waals surface area contributed by atoms with Crippen LogP contribution in [0.4, 0.5) is 5.13 Å². The van der Waals surface area contributed by atoms with Crippen molar-refractivity contribution in [1.82, 2.24) is 15.0 Å². The van der Waals surface area contributed by atoms with Gasteiger partial charge < -0.3 is 5.32 Å². The van der Waals surface area contributed by atoms with Crippen molar-refractivity contribution in [1.29, 1.82) is 0 Å². The third kappa shape index (κ3) is 4.00. The SMILES string of the molecule is Cc1cc(C)nc(SC(C)C(=O)Nc2nccs2)n1. The average Bonchev–Trinajstić information content (AvgIpc) is 2.80. The fraction of sp³-hybridized carbons (Fsp3) is 0.333. The molecular formula is C12H14N4OS2. The zero-order valence-corrected chi connectivity index (χ0v) is 12.5. The number of hydrogen-bond donors (Lipinski definition) is 1. The Morgan fingerprint density at radius 1 is 1.37 bits per heavy atom. The molecule has 0 fully saturated rings. The molecule has 2 aromatic rings. The molecule has 0 saturated carbocycles. The monoisotopic (exact) mass is 294 g/mol. The van der Waals surface area contributed by atoms with E-state index in [2.05, 4.69) is 20.3 Å². The van der Waals surface area contributed by atoms with Gasteiger partial charge in [-0.2, -0.15) is 0 Å². The van der Waals surface area contributed by atoms with Crippen LogP contribution in [-0.2, 0) is 4.79 Å². The molecule has 2 aromatic heterocycles. The molecule has 1 unspecified atom stereocenters. The Hall–Kier alpha value is -1.47. The number of carbonyl (C=O) groups is 1. The van der Waals surface area contributed by atoms with E-state index in [1.165, 1.54) is 23.1 Å². The lowest BCUT2D eigenvalue weighted by atomic mass is 10.4. The summed E-state index contributed by atoms with van der Waals surface area (Å²) in [5, 5.41) is 5.54. The standard InChI is InChI=1S/C12H14N4OS2/c1-7-6-8(2)15-12(14-7)19-9(3)10(17)16-11-13-4-5-18-11/h4-6,9H,1-3H3,(H,13,16,17). The molecule has 1 atom stereocenters. The fourth-order valence-electron chi connectivity index (χ4n) is 1.45. The van der Waals surface area contributed by atoms with Gasteiger partial charge in [0.2, 0.25) is 5.91 Å². The number of aryl methyl sites for hydroxylation is 2. The van der Waals surface area contributed by atoms with Gasteiger partial charge in [0.05, 0.1) is 5.25 Å². The van der Waals surface area contributed by atoms with Crippen LogP contribution in [0.15, 0.2) is 22.8 Å². The predicted octanol–water partition coefficient (Wildman–Crippen LogP) is 2.67. The summed E-state index contributed by atoms with van der Waals surface area (Å²) in [7, 11) is 0. The van der Waals surface area contributed by atoms with Crippen molar-refractivity contribution in [2.24, 2.45) is 0 Å². The maximum atomic E-state index is 12.0. The van der Waals surface area contributed by atoms with E-state index < -0.39 is 0 Å². The molecule has 0 bridgehead atoms. The molecule has 2 rings (SSSR count). The number of thiazole rings is 1. The summed E-state index contributed by atoms with van der Waals surface area (Å²) in [4.78, 5) is 24.6. The van der Waals surface area contributed by atoms with Gasteiger partial charge in [-0.15, -0.1) is 11.3 Å². The Labute approximate surface area is 119 Å². The average molecular weight is 294 g/mol. The van der Waals surface area contributed by atoms with E-state index in [9.17, 15) is 4.79 Å². The predicted molar refractivity (Wildman–Crippen MR) is 77.6 cm³/mol. The molecule has 5 nitrogen and oxygen atoms in total. The van der Waals surface area contributed by atoms with Crippen LogP contribution in [0.5, 0.6) is 0 Å². The first kappa shape index (κ1) is 14.0. The molecule has 7 heteroatoms. The van der Waals surface area contributed by atoms with E-state index in [1.807, 2.05) is 32.2 Å². The minimum absolute atomic E-state index is 0.0947. The molecule has 0 aliphatic heterocycles. The van der Waals surface area contributed by atoms with Crippen molar-refractivity contribution in [3.63, 3.8) is 0 Å². The summed E-state index contributed by atoms with van der Waals surface area (Å²) in [6.07, 6.45) is 1.66. The van der Waals surface area contributed by atoms with Gasteiger partial charge in [-0.05, 0) is 26.8 Å². The Morgan fingerprint density at radius 3 is 2.63 bits per heavy atom. The molecule has 0 aliphatic rings. The van der Waals surface area contributed by atoms with Crippen LogP contribution in [-0.4, -0.2) is 26.1 Å². The largest absolute Gasteiger partial charge is 0.301 e. The normalized spacial score (nSPS) is 12.2. The van der Waals surface area contributed by atoms with Gasteiger partial charge in [-0.1, -0.05) is 11.8 Å². The molecule has 19 heavy (non-hydrogen) atoms. The highest BCUT2D eigenvalue weighted by molar-refractivity contribution is 8.00. The topological polar surface area (TPSA) is 67.8 Å². The van der Waals surface area contributed by atoms with Crippen LogP contribution >= 0.6 is 23.1 Å². The Morgan fingerprint density at radius 2 is 2.05 bits per heavy atom. The molecule has 0 aliphatic carbocycles. The van der Waals surface area contributed by atoms with Gasteiger partial charge in [0.1, 0.15) is 0 Å². The summed E-state index contributed by atoms with van der Waals surface area (Å²) in [6.45, 7) is 5.66. The Kier molecular flexibility index (Phi) is 4.49. The minimum atomic E-state index is -0.273. The molecule has 0 aromatic carbocycles. The van der Waals surface area contributed by atoms with Crippen LogP contribution in [0, 0.1) is 13.8 Å². The van der Waals surface area contributed by atoms with Crippen LogP contribution in [0.3, 0.4) is 0 Å². The van der Waals surface area contributed by atoms with Gasteiger partial charge in [0.15, 0.2) is 10.3 Å². The van der Waals surface area contributed by atoms with Crippen LogP contribution in [0.2, 0.25) is 0 Å². The van der Waals surface area contributed by atoms with Crippen molar-refractivity contribution >= 4 is 34.1 Å². The Bertz CT molecular complexity index is 551. The van der Waals surface area contributed by atoms with Gasteiger partial charge in [0, 0.05) is 23.0 Å². The number of hydrogen-bond acceptors (Lipinski definition) is 6. The number of anilines is 1. The van der Waals surface area contributed by atoms with E-state index in [1.54, 1.807) is 6.20 Å². The van der Waals surface area contributed by atoms with Gasteiger partial charge in [-0.3, -0.25) is 4.79 Å². The highest BCUT2D eigenvalue weighted by Crippen LogP contribution is 2.21. The highest BCUT2D eigenvalue weighted by Gasteiger charge is 2.17. The lowest BCUT2D eigenvalue weighted by Gasteiger charge is -2.10. The first-order chi connectivity index (χ1) is 9.04. The lowest BCUT2D eigenvalue weighted by Crippen LogP contribution is -2.22. The number of nitrogens with zero attached hydrogens (tertiary/aromatic N) is 3. The summed E-state index contributed by atoms with van der Waals surface area (Å²) in [6, 6.07) is 1.91. The van der Waals surface area contributed by atoms with Crippen molar-refractivity contribution in [3.8, 4) is 0 Å². The van der Waals surface area contributed by atoms with E-state index in [-0.39, 0.29) is 11.2 Å². The fourth-order valence-corrected chi connectivity index (χ4v) is 2.86. The Balaban J connectivity index is 2.00. The van der Waals surface area contributed by atoms with Crippen molar-refractivity contribution in [2.75, 3.05) is 5.32 Å². The molecule has 2 heterocycles. The minimum Gasteiger partial charge on any atom is -0.301 e. The molecule has 1 N–H and O–H groups in total. The molecule has 0 radical (unpaired) electrons. The van der Waals surface area contributed by atoms with Crippen molar-refractivity contribution in [3.05, 3.63) is 29.0 Å². The second kappa shape index (κ2) is 6.12. The number of rotatable bonds is 4. The zero-order valence-electron chi connectivity index (χ0n) is 10.9. The van der Waals surface area contributed by atoms with E-state index in [0.717, 1.165) is 11.4 Å². The van der Waals surface area contributed by atoms with Crippen molar-refractivity contribution < 1.29 is 4.79 Å². The second-order valence-electron chi connectivity index (χ2n) is 4.02. The second-order valence-corrected chi connectivity index (χ2v) is 6.22. The molecule has 0 saturated heterocycles. The van der Waals surface area contributed by atoms with E-state index >= 15 is 0 Å². The third-order valence-corrected chi connectivity index (χ3v) is 3.93. The van der Waals surface area contributed by atoms with Crippen LogP contribution < -0.4 is 5.32 Å². The zero-order chi connectivity index (χ0) is 13.8. The number of carbonyl (C=O) groups excluding carboxylic acids is 1. The third-order valence-electron chi connectivity index (χ3n) is 2.28. The summed E-state index contributed by atoms with van der Waals surface area (Å²) < 4.78 is 0. The molecule has 1 amide bonds. The van der Waals surface area contributed by atoms with E-state index in [0.29, 0.717) is 10.3 Å². The molecule has 0 spiro atoms. The van der Waals surface area contributed by atoms with Crippen LogP contribution in [0.1, 0.15) is 18.3 Å². The number of aromatic nitrogens is 3. The van der Waals surface area contributed by atoms with Crippen LogP contribution in [0.25, 0.3) is 0 Å². The number of nitrogens with one attached hydrogen (secondary N) is 1. The first-order valence-electron chi connectivity index (χ1n) is 5.74. The summed E-state index contributed by atoms with van der Waals surface area (Å²) in [5.74, 6) is -0.0947. The highest BCUT2D eigenvalue weighted by atomic mass is 32.2. The number of amides is 1. The van der Waals surface area contributed by atoms with Gasteiger partial charge in [0.25, 0.3) is 0 Å². The molecular weight excluding hydrogens is 280 g/mol. The smallest absolute Gasteiger partial charge is 0.239 e. The lowest BCUT2D eigenvalue weighted by molar-refractivity contribution is -0.115. The van der Waals surface area contributed by atoms with Gasteiger partial charge in [-0.25, -0.2) is 15.0 Å². The quantitative estimate of drug-likeness (QED) is 0.693. The van der Waals surface area contributed by atoms with E-state index in [4.69, 9.17) is 0 Å². The maximum absolute atomic E-state index is 12.0. The molecule has 100 valence electrons. The van der Waals surface area contributed by atoms with Gasteiger partial charge >= 0.3 is 0 Å². The number of thioether (sulfide) groups is 1.